The van der Waals surface area contributed by atoms with Crippen molar-refractivity contribution in [3.8, 4) is 11.5 Å². The number of nitrogens with zero attached hydrogens (tertiary/aromatic N) is 3. The van der Waals surface area contributed by atoms with Crippen molar-refractivity contribution in [3.63, 3.8) is 0 Å². The van der Waals surface area contributed by atoms with Crippen molar-refractivity contribution in [2.45, 2.75) is 38.1 Å². The number of nitrogens with one attached hydrogen (secondary N) is 1. The third-order valence-corrected chi connectivity index (χ3v) is 7.16. The summed E-state index contributed by atoms with van der Waals surface area (Å²) in [5, 5.41) is 12.6. The van der Waals surface area contributed by atoms with E-state index in [9.17, 15) is 9.59 Å². The minimum absolute atomic E-state index is 0.136. The van der Waals surface area contributed by atoms with Gasteiger partial charge in [0.1, 0.15) is 5.01 Å². The monoisotopic (exact) mass is 464 g/mol. The van der Waals surface area contributed by atoms with Crippen LogP contribution in [0.15, 0.2) is 42.5 Å². The zero-order valence-electron chi connectivity index (χ0n) is 18.8. The van der Waals surface area contributed by atoms with Crippen molar-refractivity contribution < 1.29 is 19.1 Å². The van der Waals surface area contributed by atoms with Crippen molar-refractivity contribution >= 4 is 28.3 Å². The van der Waals surface area contributed by atoms with Crippen molar-refractivity contribution in [2.24, 2.45) is 0 Å². The number of aromatic nitrogens is 2. The smallest absolute Gasteiger partial charge is 0.254 e. The molecule has 3 heterocycles. The van der Waals surface area contributed by atoms with Crippen molar-refractivity contribution in [1.29, 1.82) is 0 Å². The summed E-state index contributed by atoms with van der Waals surface area (Å²) in [5.74, 6) is 0.217. The number of carbonyl (C=O) groups is 2. The van der Waals surface area contributed by atoms with Gasteiger partial charge < -0.3 is 14.4 Å². The Labute approximate surface area is 195 Å². The summed E-state index contributed by atoms with van der Waals surface area (Å²) in [5.41, 5.74) is 1.82. The zero-order valence-corrected chi connectivity index (χ0v) is 19.6. The Balaban J connectivity index is 1.56. The Bertz CT molecular complexity index is 1250. The van der Waals surface area contributed by atoms with Crippen LogP contribution in [0, 0.1) is 0 Å². The van der Waals surface area contributed by atoms with Crippen molar-refractivity contribution in [1.82, 2.24) is 15.1 Å². The molecule has 2 aromatic carbocycles. The van der Waals surface area contributed by atoms with Crippen LogP contribution in [0.1, 0.15) is 59.2 Å². The van der Waals surface area contributed by atoms with Gasteiger partial charge in [-0.3, -0.25) is 14.9 Å². The predicted molar refractivity (Wildman–Crippen MR) is 124 cm³/mol. The molecule has 0 radical (unpaired) electrons. The van der Waals surface area contributed by atoms with Gasteiger partial charge in [0.2, 0.25) is 17.8 Å². The first-order valence-corrected chi connectivity index (χ1v) is 11.5. The average molecular weight is 465 g/mol. The lowest BCUT2D eigenvalue weighted by molar-refractivity contribution is -0.119. The maximum atomic E-state index is 13.7. The fraction of sp³-hybridized carbons (Fsp3) is 0.333. The van der Waals surface area contributed by atoms with Gasteiger partial charge in [-0.1, -0.05) is 56.4 Å². The van der Waals surface area contributed by atoms with E-state index >= 15 is 0 Å². The van der Waals surface area contributed by atoms with Crippen LogP contribution in [0.5, 0.6) is 11.5 Å². The Morgan fingerprint density at radius 1 is 1.12 bits per heavy atom. The fourth-order valence-corrected chi connectivity index (χ4v) is 5.03. The number of likely N-dealkylation sites (N-methyl/N-ethyl adjacent to an activating group) is 1. The second-order valence-electron chi connectivity index (χ2n) is 9.19. The van der Waals surface area contributed by atoms with E-state index in [1.54, 1.807) is 24.1 Å². The second-order valence-corrected chi connectivity index (χ2v) is 10.2. The molecular formula is C24H24N4O4S. The Hall–Kier alpha value is -3.46. The highest BCUT2D eigenvalue weighted by Gasteiger charge is 2.43. The molecule has 33 heavy (non-hydrogen) atoms. The Kier molecular flexibility index (Phi) is 5.08. The Morgan fingerprint density at radius 3 is 2.64 bits per heavy atom. The number of hydrogen-bond donors (Lipinski definition) is 1. The van der Waals surface area contributed by atoms with E-state index in [-0.39, 0.29) is 24.0 Å². The molecule has 0 saturated heterocycles. The van der Waals surface area contributed by atoms with E-state index in [4.69, 9.17) is 9.47 Å². The van der Waals surface area contributed by atoms with Gasteiger partial charge in [-0.25, -0.2) is 0 Å². The summed E-state index contributed by atoms with van der Waals surface area (Å²) < 4.78 is 11.0. The molecule has 1 N–H and O–H groups in total. The van der Waals surface area contributed by atoms with Gasteiger partial charge in [0, 0.05) is 18.0 Å². The summed E-state index contributed by atoms with van der Waals surface area (Å²) in [7, 11) is 1.72. The van der Waals surface area contributed by atoms with Gasteiger partial charge in [-0.05, 0) is 29.3 Å². The number of ether oxygens (including phenoxy) is 2. The van der Waals surface area contributed by atoms with Crippen LogP contribution in [0.25, 0.3) is 0 Å². The van der Waals surface area contributed by atoms with Crippen LogP contribution in [0.2, 0.25) is 0 Å². The molecule has 0 saturated carbocycles. The summed E-state index contributed by atoms with van der Waals surface area (Å²) in [6, 6.07) is 12.2. The van der Waals surface area contributed by atoms with E-state index in [1.165, 1.54) is 11.3 Å². The third-order valence-electron chi connectivity index (χ3n) is 5.90. The fourth-order valence-electron chi connectivity index (χ4n) is 4.23. The molecule has 2 aliphatic heterocycles. The molecule has 1 aromatic heterocycles. The molecule has 170 valence electrons. The van der Waals surface area contributed by atoms with Gasteiger partial charge in [-0.15, -0.1) is 10.2 Å². The van der Waals surface area contributed by atoms with Crippen LogP contribution in [0.4, 0.5) is 5.13 Å². The Morgan fingerprint density at radius 2 is 1.88 bits per heavy atom. The van der Waals surface area contributed by atoms with Crippen LogP contribution in [-0.4, -0.2) is 40.8 Å². The lowest BCUT2D eigenvalue weighted by Crippen LogP contribution is -2.44. The zero-order chi connectivity index (χ0) is 23.3. The molecule has 8 nitrogen and oxygen atoms in total. The highest BCUT2D eigenvalue weighted by molar-refractivity contribution is 7.15. The first kappa shape index (κ1) is 21.4. The number of fused-ring (bicyclic) bond motifs is 2. The first-order chi connectivity index (χ1) is 15.7. The number of benzene rings is 2. The lowest BCUT2D eigenvalue weighted by atomic mass is 9.79. The quantitative estimate of drug-likeness (QED) is 0.627. The number of anilines is 1. The number of amides is 2. The molecule has 0 aliphatic carbocycles. The second kappa shape index (κ2) is 7.84. The van der Waals surface area contributed by atoms with Crippen LogP contribution >= 0.6 is 11.3 Å². The molecule has 2 aliphatic rings. The molecule has 3 aromatic rings. The molecule has 0 unspecified atom stereocenters. The first-order valence-electron chi connectivity index (χ1n) is 10.6. The minimum Gasteiger partial charge on any atom is -0.454 e. The number of carbonyl (C=O) groups excluding carboxylic acids is 2. The molecular weight excluding hydrogens is 440 g/mol. The molecule has 0 fully saturated rings. The molecule has 0 spiro atoms. The molecule has 2 atom stereocenters. The van der Waals surface area contributed by atoms with Gasteiger partial charge in [0.15, 0.2) is 11.5 Å². The highest BCUT2D eigenvalue weighted by Crippen LogP contribution is 2.45. The summed E-state index contributed by atoms with van der Waals surface area (Å²) in [6.07, 6.45) is 0. The summed E-state index contributed by atoms with van der Waals surface area (Å²) in [4.78, 5) is 28.5. The minimum atomic E-state index is -0.647. The third kappa shape index (κ3) is 3.72. The van der Waals surface area contributed by atoms with E-state index in [1.807, 2.05) is 51.1 Å². The number of hydrogen-bond acceptors (Lipinski definition) is 7. The molecule has 9 heteroatoms. The van der Waals surface area contributed by atoms with E-state index in [0.29, 0.717) is 27.8 Å². The SMILES string of the molecule is CN1C(=O)c2ccccc2[C@@H](C(=O)Nc2nnc(C(C)(C)C)s2)[C@H]1c1ccc2c(c1)OCO2. The normalized spacial score (nSPS) is 19.4. The van der Waals surface area contributed by atoms with E-state index < -0.39 is 12.0 Å². The predicted octanol–water partition coefficient (Wildman–Crippen LogP) is 4.11. The van der Waals surface area contributed by atoms with Gasteiger partial charge in [0.25, 0.3) is 5.91 Å². The lowest BCUT2D eigenvalue weighted by Gasteiger charge is -2.39. The van der Waals surface area contributed by atoms with Gasteiger partial charge >= 0.3 is 0 Å². The maximum Gasteiger partial charge on any atom is 0.254 e. The molecule has 5 rings (SSSR count). The van der Waals surface area contributed by atoms with Gasteiger partial charge in [0.05, 0.1) is 12.0 Å². The van der Waals surface area contributed by atoms with Crippen LogP contribution < -0.4 is 14.8 Å². The summed E-state index contributed by atoms with van der Waals surface area (Å²) in [6.45, 7) is 6.30. The average Bonchev–Trinajstić information content (AvgIpc) is 3.44. The largest absolute Gasteiger partial charge is 0.454 e. The van der Waals surface area contributed by atoms with Crippen molar-refractivity contribution in [3.05, 3.63) is 64.2 Å². The molecule has 0 bridgehead atoms. The van der Waals surface area contributed by atoms with E-state index in [0.717, 1.165) is 10.6 Å². The van der Waals surface area contributed by atoms with E-state index in [2.05, 4.69) is 15.5 Å². The standard InChI is InChI=1S/C24H24N4O4S/c1-24(2,3)22-26-27-23(33-22)25-20(29)18-14-7-5-6-8-15(14)21(30)28(4)19(18)13-9-10-16-17(11-13)32-12-31-16/h5-11,18-19H,12H2,1-4H3,(H,25,27,29)/t18-,19-/m1/s1. The topological polar surface area (TPSA) is 93.7 Å². The highest BCUT2D eigenvalue weighted by atomic mass is 32.1. The van der Waals surface area contributed by atoms with Crippen LogP contribution in [-0.2, 0) is 10.2 Å². The summed E-state index contributed by atoms with van der Waals surface area (Å²) >= 11 is 1.36. The van der Waals surface area contributed by atoms with Gasteiger partial charge in [-0.2, -0.15) is 0 Å². The van der Waals surface area contributed by atoms with Crippen molar-refractivity contribution in [2.75, 3.05) is 19.2 Å². The number of rotatable bonds is 3. The molecule has 2 amide bonds. The van der Waals surface area contributed by atoms with Crippen LogP contribution in [0.3, 0.4) is 0 Å². The maximum absolute atomic E-state index is 13.7.